The van der Waals surface area contributed by atoms with Crippen LogP contribution in [0.3, 0.4) is 0 Å². The molecule has 4 nitrogen and oxygen atoms in total. The Balaban J connectivity index is 1.89. The standard InChI is InChI=1S/C19H16FNO3S2/c1-24-18-12-11-15(13-16(18)20)26(22,23)21-17-9-5-6-10-19(17)25-14-7-3-2-4-8-14/h2-13,21H,1H3. The Labute approximate surface area is 156 Å². The van der Waals surface area contributed by atoms with Gasteiger partial charge in [-0.15, -0.1) is 0 Å². The highest BCUT2D eigenvalue weighted by atomic mass is 32.2. The predicted molar refractivity (Wildman–Crippen MR) is 101 cm³/mol. The molecule has 0 aliphatic heterocycles. The van der Waals surface area contributed by atoms with Crippen molar-refractivity contribution in [1.29, 1.82) is 0 Å². The molecular weight excluding hydrogens is 373 g/mol. The van der Waals surface area contributed by atoms with E-state index in [1.807, 2.05) is 42.5 Å². The summed E-state index contributed by atoms with van der Waals surface area (Å²) >= 11 is 1.44. The molecule has 3 aromatic rings. The summed E-state index contributed by atoms with van der Waals surface area (Å²) in [6, 6.07) is 20.2. The molecule has 0 amide bonds. The molecule has 0 unspecified atom stereocenters. The normalized spacial score (nSPS) is 11.2. The molecule has 0 aliphatic rings. The summed E-state index contributed by atoms with van der Waals surface area (Å²) in [4.78, 5) is 1.56. The molecule has 0 atom stereocenters. The first kappa shape index (κ1) is 18.3. The third-order valence-electron chi connectivity index (χ3n) is 3.54. The van der Waals surface area contributed by atoms with E-state index in [0.29, 0.717) is 5.69 Å². The molecule has 0 radical (unpaired) electrons. The van der Waals surface area contributed by atoms with Gasteiger partial charge < -0.3 is 4.74 Å². The van der Waals surface area contributed by atoms with Gasteiger partial charge in [-0.2, -0.15) is 0 Å². The Morgan fingerprint density at radius 3 is 2.35 bits per heavy atom. The molecule has 0 aromatic heterocycles. The van der Waals surface area contributed by atoms with E-state index >= 15 is 0 Å². The van der Waals surface area contributed by atoms with Gasteiger partial charge in [0.2, 0.25) is 0 Å². The summed E-state index contributed by atoms with van der Waals surface area (Å²) in [5.41, 5.74) is 0.428. The minimum absolute atomic E-state index is 0.0102. The van der Waals surface area contributed by atoms with E-state index in [1.165, 1.54) is 31.0 Å². The van der Waals surface area contributed by atoms with Crippen LogP contribution >= 0.6 is 11.8 Å². The average Bonchev–Trinajstić information content (AvgIpc) is 2.64. The third kappa shape index (κ3) is 4.17. The number of hydrogen-bond acceptors (Lipinski definition) is 4. The number of nitrogens with one attached hydrogen (secondary N) is 1. The lowest BCUT2D eigenvalue weighted by molar-refractivity contribution is 0.385. The fourth-order valence-electron chi connectivity index (χ4n) is 2.27. The molecule has 0 fully saturated rings. The highest BCUT2D eigenvalue weighted by Gasteiger charge is 2.18. The second-order valence-electron chi connectivity index (χ2n) is 5.31. The number of sulfonamides is 1. The van der Waals surface area contributed by atoms with E-state index in [1.54, 1.807) is 12.1 Å². The van der Waals surface area contributed by atoms with E-state index in [-0.39, 0.29) is 10.6 Å². The van der Waals surface area contributed by atoms with Crippen LogP contribution in [0.2, 0.25) is 0 Å². The largest absolute Gasteiger partial charge is 0.494 e. The first-order valence-corrected chi connectivity index (χ1v) is 9.98. The number of rotatable bonds is 6. The lowest BCUT2D eigenvalue weighted by Gasteiger charge is -2.13. The maximum atomic E-state index is 13.9. The van der Waals surface area contributed by atoms with Gasteiger partial charge in [-0.05, 0) is 42.5 Å². The van der Waals surface area contributed by atoms with Crippen molar-refractivity contribution in [2.45, 2.75) is 14.7 Å². The fourth-order valence-corrected chi connectivity index (χ4v) is 4.35. The van der Waals surface area contributed by atoms with Crippen molar-refractivity contribution in [3.63, 3.8) is 0 Å². The van der Waals surface area contributed by atoms with Crippen molar-refractivity contribution in [2.75, 3.05) is 11.8 Å². The zero-order valence-electron chi connectivity index (χ0n) is 13.8. The zero-order valence-corrected chi connectivity index (χ0v) is 15.5. The number of halogens is 1. The van der Waals surface area contributed by atoms with Crippen LogP contribution in [0.25, 0.3) is 0 Å². The summed E-state index contributed by atoms with van der Waals surface area (Å²) < 4.78 is 46.5. The summed E-state index contributed by atoms with van der Waals surface area (Å²) in [7, 11) is -2.61. The monoisotopic (exact) mass is 389 g/mol. The number of para-hydroxylation sites is 1. The first-order chi connectivity index (χ1) is 12.5. The quantitative estimate of drug-likeness (QED) is 0.659. The number of benzene rings is 3. The van der Waals surface area contributed by atoms with Crippen LogP contribution in [0.4, 0.5) is 10.1 Å². The van der Waals surface area contributed by atoms with Crippen molar-refractivity contribution < 1.29 is 17.5 Å². The van der Waals surface area contributed by atoms with Crippen LogP contribution in [0, 0.1) is 5.82 Å². The Bertz CT molecular complexity index is 1010. The summed E-state index contributed by atoms with van der Waals surface area (Å²) in [6.07, 6.45) is 0. The lowest BCUT2D eigenvalue weighted by Crippen LogP contribution is -2.14. The molecule has 7 heteroatoms. The maximum Gasteiger partial charge on any atom is 0.262 e. The molecule has 3 aromatic carbocycles. The molecule has 3 rings (SSSR count). The summed E-state index contributed by atoms with van der Waals surface area (Å²) in [5, 5.41) is 0. The zero-order chi connectivity index (χ0) is 18.6. The highest BCUT2D eigenvalue weighted by molar-refractivity contribution is 7.99. The minimum atomic E-state index is -3.93. The second-order valence-corrected chi connectivity index (χ2v) is 8.11. The molecule has 26 heavy (non-hydrogen) atoms. The second kappa shape index (κ2) is 7.80. The molecule has 0 spiro atoms. The Morgan fingerprint density at radius 1 is 0.962 bits per heavy atom. The van der Waals surface area contributed by atoms with Gasteiger partial charge >= 0.3 is 0 Å². The molecule has 0 saturated heterocycles. The number of hydrogen-bond donors (Lipinski definition) is 1. The Hall–Kier alpha value is -2.51. The number of ether oxygens (including phenoxy) is 1. The van der Waals surface area contributed by atoms with Crippen LogP contribution in [-0.2, 0) is 10.0 Å². The molecule has 134 valence electrons. The van der Waals surface area contributed by atoms with Crippen molar-refractivity contribution in [3.05, 3.63) is 78.6 Å². The molecule has 1 N–H and O–H groups in total. The van der Waals surface area contributed by atoms with Crippen LogP contribution in [0.15, 0.2) is 87.5 Å². The fraction of sp³-hybridized carbons (Fsp3) is 0.0526. The third-order valence-corrected chi connectivity index (χ3v) is 5.98. The maximum absolute atomic E-state index is 13.9. The minimum Gasteiger partial charge on any atom is -0.494 e. The van der Waals surface area contributed by atoms with Crippen molar-refractivity contribution >= 4 is 27.5 Å². The van der Waals surface area contributed by atoms with Gasteiger partial charge in [0.25, 0.3) is 10.0 Å². The molecule has 0 heterocycles. The van der Waals surface area contributed by atoms with Gasteiger partial charge in [-0.25, -0.2) is 12.8 Å². The molecule has 0 aliphatic carbocycles. The molecule has 0 bridgehead atoms. The lowest BCUT2D eigenvalue weighted by atomic mass is 10.3. The van der Waals surface area contributed by atoms with Crippen molar-refractivity contribution in [2.24, 2.45) is 0 Å². The molecule has 0 saturated carbocycles. The topological polar surface area (TPSA) is 55.4 Å². The number of anilines is 1. The van der Waals surface area contributed by atoms with Gasteiger partial charge in [-0.1, -0.05) is 42.1 Å². The number of methoxy groups -OCH3 is 1. The van der Waals surface area contributed by atoms with Gasteiger partial charge in [0, 0.05) is 9.79 Å². The van der Waals surface area contributed by atoms with Crippen LogP contribution in [0.1, 0.15) is 0 Å². The molecular formula is C19H16FNO3S2. The van der Waals surface area contributed by atoms with Crippen LogP contribution in [0.5, 0.6) is 5.75 Å². The van der Waals surface area contributed by atoms with Crippen molar-refractivity contribution in [1.82, 2.24) is 0 Å². The van der Waals surface area contributed by atoms with E-state index in [2.05, 4.69) is 4.72 Å². The van der Waals surface area contributed by atoms with Crippen LogP contribution < -0.4 is 9.46 Å². The van der Waals surface area contributed by atoms with Gasteiger partial charge in [0.15, 0.2) is 11.6 Å². The Morgan fingerprint density at radius 2 is 1.65 bits per heavy atom. The van der Waals surface area contributed by atoms with Gasteiger partial charge in [-0.3, -0.25) is 4.72 Å². The smallest absolute Gasteiger partial charge is 0.262 e. The van der Waals surface area contributed by atoms with E-state index < -0.39 is 15.8 Å². The summed E-state index contributed by atoms with van der Waals surface area (Å²) in [5.74, 6) is -0.744. The average molecular weight is 389 g/mol. The van der Waals surface area contributed by atoms with Gasteiger partial charge in [0.05, 0.1) is 17.7 Å². The Kier molecular flexibility index (Phi) is 5.49. The van der Waals surface area contributed by atoms with Crippen molar-refractivity contribution in [3.8, 4) is 5.75 Å². The van der Waals surface area contributed by atoms with E-state index in [0.717, 1.165) is 15.9 Å². The van der Waals surface area contributed by atoms with Gasteiger partial charge in [0.1, 0.15) is 0 Å². The van der Waals surface area contributed by atoms with E-state index in [9.17, 15) is 12.8 Å². The van der Waals surface area contributed by atoms with E-state index in [4.69, 9.17) is 4.74 Å². The van der Waals surface area contributed by atoms with Crippen LogP contribution in [-0.4, -0.2) is 15.5 Å². The summed E-state index contributed by atoms with van der Waals surface area (Å²) in [6.45, 7) is 0. The highest BCUT2D eigenvalue weighted by Crippen LogP contribution is 2.34. The first-order valence-electron chi connectivity index (χ1n) is 7.68. The SMILES string of the molecule is COc1ccc(S(=O)(=O)Nc2ccccc2Sc2ccccc2)cc1F. The predicted octanol–water partition coefficient (Wildman–Crippen LogP) is 4.79.